The summed E-state index contributed by atoms with van der Waals surface area (Å²) in [6.45, 7) is 4.09. The molecule has 0 radical (unpaired) electrons. The number of hydrogen-bond acceptors (Lipinski definition) is 2. The monoisotopic (exact) mass is 267 g/mol. The van der Waals surface area contributed by atoms with Gasteiger partial charge < -0.3 is 5.32 Å². The zero-order valence-electron chi connectivity index (χ0n) is 11.5. The van der Waals surface area contributed by atoms with Gasteiger partial charge in [0.25, 0.3) is 0 Å². The fourth-order valence-corrected chi connectivity index (χ4v) is 2.27. The fourth-order valence-electron chi connectivity index (χ4n) is 1.82. The highest BCUT2D eigenvalue weighted by molar-refractivity contribution is 7.84. The van der Waals surface area contributed by atoms with Gasteiger partial charge >= 0.3 is 0 Å². The predicted molar refractivity (Wildman–Crippen MR) is 80.4 cm³/mol. The molecule has 102 valence electrons. The highest BCUT2D eigenvalue weighted by Gasteiger charge is 2.04. The first-order chi connectivity index (χ1) is 8.70. The Morgan fingerprint density at radius 1 is 1.17 bits per heavy atom. The molecule has 2 unspecified atom stereocenters. The van der Waals surface area contributed by atoms with Gasteiger partial charge in [0, 0.05) is 22.3 Å². The van der Waals surface area contributed by atoms with Crippen molar-refractivity contribution in [3.63, 3.8) is 0 Å². The third-order valence-electron chi connectivity index (χ3n) is 3.21. The lowest BCUT2D eigenvalue weighted by Gasteiger charge is -2.09. The van der Waals surface area contributed by atoms with E-state index in [2.05, 4.69) is 35.6 Å². The molecule has 18 heavy (non-hydrogen) atoms. The second kappa shape index (κ2) is 9.29. The summed E-state index contributed by atoms with van der Waals surface area (Å²) in [6, 6.07) is 10.6. The molecule has 0 saturated heterocycles. The summed E-state index contributed by atoms with van der Waals surface area (Å²) in [6.07, 6.45) is 6.38. The molecule has 0 fully saturated rings. The Kier molecular flexibility index (Phi) is 7.94. The van der Waals surface area contributed by atoms with Crippen LogP contribution < -0.4 is 5.32 Å². The van der Waals surface area contributed by atoms with E-state index < -0.39 is 10.8 Å². The van der Waals surface area contributed by atoms with Gasteiger partial charge in [-0.2, -0.15) is 0 Å². The van der Waals surface area contributed by atoms with Crippen molar-refractivity contribution in [3.8, 4) is 0 Å². The van der Waals surface area contributed by atoms with Crippen LogP contribution in [0.2, 0.25) is 0 Å². The Bertz CT molecular complexity index is 340. The van der Waals surface area contributed by atoms with Crippen LogP contribution in [0.4, 0.5) is 0 Å². The van der Waals surface area contributed by atoms with Crippen LogP contribution in [0.5, 0.6) is 0 Å². The van der Waals surface area contributed by atoms with Crippen LogP contribution >= 0.6 is 0 Å². The molecule has 2 nitrogen and oxygen atoms in total. The van der Waals surface area contributed by atoms with Gasteiger partial charge in [0.2, 0.25) is 0 Å². The largest absolute Gasteiger partial charge is 0.317 e. The summed E-state index contributed by atoms with van der Waals surface area (Å²) < 4.78 is 11.2. The number of benzene rings is 1. The van der Waals surface area contributed by atoms with Crippen LogP contribution in [-0.2, 0) is 17.2 Å². The predicted octanol–water partition coefficient (Wildman–Crippen LogP) is 2.76. The zero-order valence-corrected chi connectivity index (χ0v) is 12.3. The van der Waals surface area contributed by atoms with Crippen LogP contribution in [-0.4, -0.2) is 28.8 Å². The van der Waals surface area contributed by atoms with Crippen LogP contribution in [0, 0.1) is 0 Å². The number of unbranched alkanes of at least 4 members (excludes halogenated alkanes) is 1. The molecular formula is C15H25NOS. The van der Waals surface area contributed by atoms with E-state index in [0.717, 1.165) is 25.9 Å². The Hall–Kier alpha value is -0.670. The van der Waals surface area contributed by atoms with Gasteiger partial charge in [-0.1, -0.05) is 37.3 Å². The van der Waals surface area contributed by atoms with Crippen molar-refractivity contribution < 1.29 is 4.21 Å². The van der Waals surface area contributed by atoms with Gasteiger partial charge in [-0.25, -0.2) is 0 Å². The van der Waals surface area contributed by atoms with Gasteiger partial charge in [-0.05, 0) is 44.3 Å². The first-order valence-corrected chi connectivity index (χ1v) is 8.39. The molecule has 3 heteroatoms. The Labute approximate surface area is 114 Å². The Balaban J connectivity index is 1.95. The lowest BCUT2D eigenvalue weighted by molar-refractivity contribution is 0.596. The number of hydrogen-bond donors (Lipinski definition) is 1. The van der Waals surface area contributed by atoms with Crippen molar-refractivity contribution in [3.05, 3.63) is 35.9 Å². The lowest BCUT2D eigenvalue weighted by atomic mass is 10.1. The molecule has 1 aromatic rings. The van der Waals surface area contributed by atoms with Crippen molar-refractivity contribution in [2.45, 2.75) is 37.9 Å². The molecule has 0 aromatic heterocycles. The molecule has 0 amide bonds. The van der Waals surface area contributed by atoms with E-state index in [1.807, 2.05) is 6.92 Å². The molecule has 1 aromatic carbocycles. The van der Waals surface area contributed by atoms with Crippen molar-refractivity contribution in [2.24, 2.45) is 0 Å². The zero-order chi connectivity index (χ0) is 13.2. The molecule has 0 heterocycles. The Morgan fingerprint density at radius 3 is 2.56 bits per heavy atom. The summed E-state index contributed by atoms with van der Waals surface area (Å²) in [4.78, 5) is 0. The van der Waals surface area contributed by atoms with E-state index in [1.54, 1.807) is 6.26 Å². The second-order valence-electron chi connectivity index (χ2n) is 4.79. The average molecular weight is 267 g/mol. The maximum Gasteiger partial charge on any atom is 0.0329 e. The number of rotatable bonds is 9. The normalized spacial score (nSPS) is 14.3. The van der Waals surface area contributed by atoms with Crippen LogP contribution in [0.15, 0.2) is 30.3 Å². The van der Waals surface area contributed by atoms with Crippen molar-refractivity contribution >= 4 is 10.8 Å². The van der Waals surface area contributed by atoms with Crippen LogP contribution in [0.25, 0.3) is 0 Å². The molecule has 0 aliphatic carbocycles. The first-order valence-electron chi connectivity index (χ1n) is 6.77. The molecule has 0 aliphatic rings. The average Bonchev–Trinajstić information content (AvgIpc) is 2.38. The molecule has 2 atom stereocenters. The minimum atomic E-state index is -0.684. The Morgan fingerprint density at radius 2 is 1.89 bits per heavy atom. The maximum atomic E-state index is 11.2. The van der Waals surface area contributed by atoms with E-state index in [-0.39, 0.29) is 0 Å². The van der Waals surface area contributed by atoms with Gasteiger partial charge in [0.1, 0.15) is 0 Å². The molecule has 0 spiro atoms. The molecule has 1 rings (SSSR count). The third kappa shape index (κ3) is 6.92. The molecule has 1 N–H and O–H groups in total. The molecule has 0 saturated carbocycles. The van der Waals surface area contributed by atoms with Gasteiger partial charge in [0.05, 0.1) is 0 Å². The summed E-state index contributed by atoms with van der Waals surface area (Å²) in [5.74, 6) is 0. The quantitative estimate of drug-likeness (QED) is 0.697. The molecule has 0 aliphatic heterocycles. The van der Waals surface area contributed by atoms with Crippen LogP contribution in [0.3, 0.4) is 0 Å². The SMILES string of the molecule is CC(CCNCCCCc1ccccc1)S(C)=O. The standard InChI is InChI=1S/C15H25NOS/c1-14(18(2)17)11-13-16-12-7-6-10-15-8-4-3-5-9-15/h3-5,8-9,14,16H,6-7,10-13H2,1-2H3. The summed E-state index contributed by atoms with van der Waals surface area (Å²) in [7, 11) is -0.684. The van der Waals surface area contributed by atoms with Gasteiger partial charge in [0.15, 0.2) is 0 Å². The minimum Gasteiger partial charge on any atom is -0.317 e. The van der Waals surface area contributed by atoms with Crippen molar-refractivity contribution in [1.82, 2.24) is 5.32 Å². The third-order valence-corrected chi connectivity index (χ3v) is 4.58. The van der Waals surface area contributed by atoms with E-state index in [9.17, 15) is 4.21 Å². The van der Waals surface area contributed by atoms with Crippen LogP contribution in [0.1, 0.15) is 31.7 Å². The van der Waals surface area contributed by atoms with E-state index >= 15 is 0 Å². The summed E-state index contributed by atoms with van der Waals surface area (Å²) >= 11 is 0. The van der Waals surface area contributed by atoms with Gasteiger partial charge in [-0.15, -0.1) is 0 Å². The first kappa shape index (κ1) is 15.4. The summed E-state index contributed by atoms with van der Waals surface area (Å²) in [5, 5.41) is 3.73. The van der Waals surface area contributed by atoms with E-state index in [1.165, 1.54) is 18.4 Å². The highest BCUT2D eigenvalue weighted by atomic mass is 32.2. The fraction of sp³-hybridized carbons (Fsp3) is 0.600. The second-order valence-corrected chi connectivity index (χ2v) is 6.59. The smallest absolute Gasteiger partial charge is 0.0329 e. The maximum absolute atomic E-state index is 11.2. The molecular weight excluding hydrogens is 242 g/mol. The molecule has 0 bridgehead atoms. The summed E-state index contributed by atoms with van der Waals surface area (Å²) in [5.41, 5.74) is 1.42. The van der Waals surface area contributed by atoms with Crippen molar-refractivity contribution in [1.29, 1.82) is 0 Å². The lowest BCUT2D eigenvalue weighted by Crippen LogP contribution is -2.22. The number of aryl methyl sites for hydroxylation is 1. The van der Waals surface area contributed by atoms with E-state index in [4.69, 9.17) is 0 Å². The van der Waals surface area contributed by atoms with E-state index in [0.29, 0.717) is 5.25 Å². The number of nitrogens with one attached hydrogen (secondary N) is 1. The minimum absolute atomic E-state index is 0.307. The van der Waals surface area contributed by atoms with Gasteiger partial charge in [-0.3, -0.25) is 4.21 Å². The van der Waals surface area contributed by atoms with Crippen molar-refractivity contribution in [2.75, 3.05) is 19.3 Å². The topological polar surface area (TPSA) is 29.1 Å². The highest BCUT2D eigenvalue weighted by Crippen LogP contribution is 2.04.